The van der Waals surface area contributed by atoms with E-state index >= 15 is 0 Å². The highest BCUT2D eigenvalue weighted by Crippen LogP contribution is 2.33. The Morgan fingerprint density at radius 3 is 1.95 bits per heavy atom. The lowest BCUT2D eigenvalue weighted by atomic mass is 9.92. The zero-order valence-corrected chi connectivity index (χ0v) is 10.2. The molecule has 0 N–H and O–H groups in total. The van der Waals surface area contributed by atoms with E-state index in [1.807, 2.05) is 0 Å². The lowest BCUT2D eigenvalue weighted by molar-refractivity contribution is 0.111. The van der Waals surface area contributed by atoms with Gasteiger partial charge in [0.1, 0.15) is 0 Å². The highest BCUT2D eigenvalue weighted by molar-refractivity contribution is 6.20. The molecule has 0 unspecified atom stereocenters. The van der Waals surface area contributed by atoms with Gasteiger partial charge in [0.2, 0.25) is 0 Å². The molecule has 0 aromatic heterocycles. The van der Waals surface area contributed by atoms with Gasteiger partial charge >= 0.3 is 0 Å². The molecule has 2 nitrogen and oxygen atoms in total. The topological polar surface area (TPSA) is 34.1 Å². The van der Waals surface area contributed by atoms with E-state index in [1.165, 1.54) is 6.07 Å². The average molecular weight is 270 g/mol. The summed E-state index contributed by atoms with van der Waals surface area (Å²) in [6, 6.07) is 8.94. The minimum absolute atomic E-state index is 0.0539. The molecule has 0 bridgehead atoms. The van der Waals surface area contributed by atoms with Crippen LogP contribution in [-0.2, 0) is 0 Å². The number of benzene rings is 3. The number of hydrogen-bond acceptors (Lipinski definition) is 2. The fraction of sp³-hybridized carbons (Fsp3) is 0. The summed E-state index contributed by atoms with van der Waals surface area (Å²) < 4.78 is 27.5. The van der Waals surface area contributed by atoms with Crippen molar-refractivity contribution in [2.45, 2.75) is 0 Å². The van der Waals surface area contributed by atoms with Crippen LogP contribution in [0, 0.1) is 11.6 Å². The van der Waals surface area contributed by atoms with Crippen molar-refractivity contribution in [3.8, 4) is 0 Å². The molecule has 0 radical (unpaired) electrons. The molecule has 4 heteroatoms. The standard InChI is InChI=1S/C16H8F2O2/c17-14-6-5-11-12(7-19)9-3-1-2-4-10(9)13(8-20)15(11)16(14)18/h1-8H. The minimum Gasteiger partial charge on any atom is -0.298 e. The third-order valence-corrected chi connectivity index (χ3v) is 3.40. The van der Waals surface area contributed by atoms with Crippen molar-refractivity contribution >= 4 is 34.1 Å². The summed E-state index contributed by atoms with van der Waals surface area (Å²) >= 11 is 0. The maximum Gasteiger partial charge on any atom is 0.167 e. The SMILES string of the molecule is O=Cc1c2ccccc2c(C=O)c2c(F)c(F)ccc12. The van der Waals surface area contributed by atoms with Gasteiger partial charge in [0.05, 0.1) is 0 Å². The second kappa shape index (κ2) is 4.49. The van der Waals surface area contributed by atoms with Crippen molar-refractivity contribution in [2.75, 3.05) is 0 Å². The molecular formula is C16H8F2O2. The van der Waals surface area contributed by atoms with Gasteiger partial charge in [0.25, 0.3) is 0 Å². The van der Waals surface area contributed by atoms with Gasteiger partial charge in [0.15, 0.2) is 24.2 Å². The molecule has 3 aromatic rings. The van der Waals surface area contributed by atoms with Crippen molar-refractivity contribution in [1.29, 1.82) is 0 Å². The fourth-order valence-corrected chi connectivity index (χ4v) is 2.52. The molecule has 0 fully saturated rings. The lowest BCUT2D eigenvalue weighted by Crippen LogP contribution is -1.98. The molecule has 0 atom stereocenters. The number of halogens is 2. The van der Waals surface area contributed by atoms with Crippen LogP contribution in [0.25, 0.3) is 21.5 Å². The number of carbonyl (C=O) groups excluding carboxylic acids is 2. The van der Waals surface area contributed by atoms with E-state index in [-0.39, 0.29) is 21.9 Å². The number of aldehydes is 2. The first kappa shape index (κ1) is 12.4. The molecule has 0 heterocycles. The summed E-state index contributed by atoms with van der Waals surface area (Å²) in [7, 11) is 0. The maximum absolute atomic E-state index is 14.0. The monoisotopic (exact) mass is 270 g/mol. The molecule has 0 spiro atoms. The smallest absolute Gasteiger partial charge is 0.167 e. The molecule has 0 aliphatic rings. The van der Waals surface area contributed by atoms with Crippen molar-refractivity contribution in [1.82, 2.24) is 0 Å². The van der Waals surface area contributed by atoms with Crippen molar-refractivity contribution in [3.63, 3.8) is 0 Å². The van der Waals surface area contributed by atoms with Crippen LogP contribution in [0.15, 0.2) is 36.4 Å². The lowest BCUT2D eigenvalue weighted by Gasteiger charge is -2.11. The molecule has 3 rings (SSSR count). The highest BCUT2D eigenvalue weighted by atomic mass is 19.2. The van der Waals surface area contributed by atoms with Gasteiger partial charge in [-0.1, -0.05) is 30.3 Å². The predicted molar refractivity (Wildman–Crippen MR) is 72.1 cm³/mol. The Kier molecular flexibility index (Phi) is 2.79. The molecule has 0 amide bonds. The Hall–Kier alpha value is -2.62. The summed E-state index contributed by atoms with van der Waals surface area (Å²) in [6.07, 6.45) is 1.08. The van der Waals surface area contributed by atoms with Gasteiger partial charge in [-0.05, 0) is 22.2 Å². The Morgan fingerprint density at radius 1 is 0.750 bits per heavy atom. The van der Waals surface area contributed by atoms with Crippen LogP contribution in [0.4, 0.5) is 8.78 Å². The first-order chi connectivity index (χ1) is 9.69. The number of hydrogen-bond donors (Lipinski definition) is 0. The van der Waals surface area contributed by atoms with E-state index < -0.39 is 11.6 Å². The van der Waals surface area contributed by atoms with Crippen LogP contribution in [0.5, 0.6) is 0 Å². The van der Waals surface area contributed by atoms with Crippen LogP contribution in [0.3, 0.4) is 0 Å². The molecule has 3 aromatic carbocycles. The summed E-state index contributed by atoms with van der Waals surface area (Å²) in [6.45, 7) is 0. The zero-order chi connectivity index (χ0) is 14.3. The molecule has 98 valence electrons. The number of carbonyl (C=O) groups is 2. The van der Waals surface area contributed by atoms with Gasteiger partial charge in [-0.25, -0.2) is 8.78 Å². The second-order valence-corrected chi connectivity index (χ2v) is 4.39. The van der Waals surface area contributed by atoms with Crippen LogP contribution in [-0.4, -0.2) is 12.6 Å². The molecule has 0 aliphatic heterocycles. The Balaban J connectivity index is 2.73. The molecular weight excluding hydrogens is 262 g/mol. The second-order valence-electron chi connectivity index (χ2n) is 4.39. The van der Waals surface area contributed by atoms with Crippen molar-refractivity contribution < 1.29 is 18.4 Å². The zero-order valence-electron chi connectivity index (χ0n) is 10.2. The van der Waals surface area contributed by atoms with Crippen molar-refractivity contribution in [3.05, 3.63) is 59.2 Å². The summed E-state index contributed by atoms with van der Waals surface area (Å²) in [5.74, 6) is -2.16. The molecule has 0 saturated heterocycles. The molecule has 0 saturated carbocycles. The van der Waals surface area contributed by atoms with E-state index in [0.717, 1.165) is 6.07 Å². The van der Waals surface area contributed by atoms with Crippen molar-refractivity contribution in [2.24, 2.45) is 0 Å². The minimum atomic E-state index is -1.11. The average Bonchev–Trinajstić information content (AvgIpc) is 2.48. The van der Waals surface area contributed by atoms with Gasteiger partial charge in [-0.15, -0.1) is 0 Å². The van der Waals surface area contributed by atoms with Crippen LogP contribution >= 0.6 is 0 Å². The van der Waals surface area contributed by atoms with Gasteiger partial charge < -0.3 is 0 Å². The van der Waals surface area contributed by atoms with E-state index in [0.29, 0.717) is 23.3 Å². The molecule has 0 aliphatic carbocycles. The van der Waals surface area contributed by atoms with Crippen LogP contribution < -0.4 is 0 Å². The summed E-state index contributed by atoms with van der Waals surface area (Å²) in [4.78, 5) is 22.6. The van der Waals surface area contributed by atoms with Crippen LogP contribution in [0.1, 0.15) is 20.7 Å². The first-order valence-corrected chi connectivity index (χ1v) is 5.91. The summed E-state index contributed by atoms with van der Waals surface area (Å²) in [5, 5.41) is 1.06. The quantitative estimate of drug-likeness (QED) is 0.523. The van der Waals surface area contributed by atoms with E-state index in [9.17, 15) is 18.4 Å². The highest BCUT2D eigenvalue weighted by Gasteiger charge is 2.18. The van der Waals surface area contributed by atoms with Gasteiger partial charge in [0, 0.05) is 16.5 Å². The first-order valence-electron chi connectivity index (χ1n) is 5.91. The number of fused-ring (bicyclic) bond motifs is 2. The predicted octanol–water partition coefficient (Wildman–Crippen LogP) is 3.90. The third-order valence-electron chi connectivity index (χ3n) is 3.40. The van der Waals surface area contributed by atoms with Gasteiger partial charge in [-0.2, -0.15) is 0 Å². The van der Waals surface area contributed by atoms with E-state index in [2.05, 4.69) is 0 Å². The summed E-state index contributed by atoms with van der Waals surface area (Å²) in [5.41, 5.74) is 0.304. The van der Waals surface area contributed by atoms with Gasteiger partial charge in [-0.3, -0.25) is 9.59 Å². The van der Waals surface area contributed by atoms with E-state index in [1.54, 1.807) is 24.3 Å². The number of rotatable bonds is 2. The normalized spacial score (nSPS) is 10.9. The third kappa shape index (κ3) is 1.54. The fourth-order valence-electron chi connectivity index (χ4n) is 2.52. The van der Waals surface area contributed by atoms with E-state index in [4.69, 9.17) is 0 Å². The Morgan fingerprint density at radius 2 is 1.35 bits per heavy atom. The Bertz CT molecular complexity index is 869. The molecule has 20 heavy (non-hydrogen) atoms. The van der Waals surface area contributed by atoms with Crippen LogP contribution in [0.2, 0.25) is 0 Å². The maximum atomic E-state index is 14.0. The largest absolute Gasteiger partial charge is 0.298 e. The Labute approximate surface area is 112 Å².